The van der Waals surface area contributed by atoms with E-state index >= 15 is 0 Å². The number of β-lactam (4-membered cyclic amide) rings is 1. The van der Waals surface area contributed by atoms with E-state index in [9.17, 15) is 32.5 Å². The van der Waals surface area contributed by atoms with Crippen LogP contribution in [0.15, 0.2) is 28.7 Å². The summed E-state index contributed by atoms with van der Waals surface area (Å²) in [5.41, 5.74) is 13.0. The van der Waals surface area contributed by atoms with Crippen molar-refractivity contribution in [1.82, 2.24) is 24.8 Å². The summed E-state index contributed by atoms with van der Waals surface area (Å²) < 4.78 is 37.9. The van der Waals surface area contributed by atoms with E-state index in [-0.39, 0.29) is 27.2 Å². The summed E-state index contributed by atoms with van der Waals surface area (Å²) in [4.78, 5) is 48.4. The number of ether oxygens (including phenoxy) is 1. The second-order valence-electron chi connectivity index (χ2n) is 11.4. The van der Waals surface area contributed by atoms with Gasteiger partial charge in [0.15, 0.2) is 16.8 Å². The third-order valence-electron chi connectivity index (χ3n) is 8.13. The van der Waals surface area contributed by atoms with E-state index in [0.717, 1.165) is 48.1 Å². The average Bonchev–Trinajstić information content (AvgIpc) is 3.64. The zero-order chi connectivity index (χ0) is 34.0. The summed E-state index contributed by atoms with van der Waals surface area (Å²) in [6.07, 6.45) is 1.99. The van der Waals surface area contributed by atoms with Crippen molar-refractivity contribution in [2.24, 2.45) is 10.9 Å². The molecule has 1 aromatic carbocycles. The maximum atomic E-state index is 13.1. The Morgan fingerprint density at radius 1 is 1.21 bits per heavy atom. The van der Waals surface area contributed by atoms with Gasteiger partial charge in [0, 0.05) is 30.6 Å². The zero-order valence-corrected chi connectivity index (χ0v) is 26.8. The van der Waals surface area contributed by atoms with Crippen LogP contribution in [0.2, 0.25) is 0 Å². The average molecular weight is 694 g/mol. The number of aromatic nitrogens is 1. The van der Waals surface area contributed by atoms with Gasteiger partial charge in [0.25, 0.3) is 17.9 Å². The highest BCUT2D eigenvalue weighted by Crippen LogP contribution is 2.28. The van der Waals surface area contributed by atoms with Gasteiger partial charge in [0.1, 0.15) is 24.1 Å². The lowest BCUT2D eigenvalue weighted by atomic mass is 9.92. The van der Waals surface area contributed by atoms with Gasteiger partial charge >= 0.3 is 16.3 Å². The highest BCUT2D eigenvalue weighted by atomic mass is 32.2. The number of benzene rings is 1. The van der Waals surface area contributed by atoms with E-state index in [2.05, 4.69) is 20.8 Å². The number of hydrogen-bond donors (Lipinski definition) is 7. The van der Waals surface area contributed by atoms with Gasteiger partial charge in [0.05, 0.1) is 6.04 Å². The van der Waals surface area contributed by atoms with E-state index < -0.39 is 58.6 Å². The fourth-order valence-corrected chi connectivity index (χ4v) is 6.95. The summed E-state index contributed by atoms with van der Waals surface area (Å²) in [5.74, 6) is -2.88. The van der Waals surface area contributed by atoms with Crippen molar-refractivity contribution in [2.75, 3.05) is 12.3 Å². The van der Waals surface area contributed by atoms with Crippen LogP contribution in [-0.4, -0.2) is 98.6 Å². The molecule has 20 heteroatoms. The minimum atomic E-state index is -4.83. The molecule has 47 heavy (non-hydrogen) atoms. The molecular formula is C27H35N9O9S2. The predicted octanol–water partition coefficient (Wildman–Crippen LogP) is -0.394. The molecule has 0 bridgehead atoms. The molecule has 9 N–H and O–H groups in total. The largest absolute Gasteiger partial charge is 0.489 e. The van der Waals surface area contributed by atoms with Crippen LogP contribution in [0.4, 0.5) is 5.13 Å². The van der Waals surface area contributed by atoms with Crippen molar-refractivity contribution < 1.29 is 42.0 Å². The molecule has 3 unspecified atom stereocenters. The topological polar surface area (TPSA) is 276 Å². The molecule has 2 fully saturated rings. The Morgan fingerprint density at radius 3 is 2.53 bits per heavy atom. The minimum Gasteiger partial charge on any atom is -0.489 e. The number of carboxylic acid groups (broad SMARTS) is 1. The molecule has 1 aromatic heterocycles. The van der Waals surface area contributed by atoms with Crippen molar-refractivity contribution in [3.63, 3.8) is 0 Å². The number of rotatable bonds is 11. The molecule has 1 saturated carbocycles. The first-order valence-corrected chi connectivity index (χ1v) is 16.9. The van der Waals surface area contributed by atoms with E-state index in [4.69, 9.17) is 26.5 Å². The van der Waals surface area contributed by atoms with Gasteiger partial charge in [0.2, 0.25) is 0 Å². The predicted molar refractivity (Wildman–Crippen MR) is 168 cm³/mol. The Labute approximate surface area is 273 Å². The second kappa shape index (κ2) is 13.7. The molecule has 3 heterocycles. The lowest BCUT2D eigenvalue weighted by molar-refractivity contribution is -0.152. The Bertz CT molecular complexity index is 1690. The number of hydrogen-bond acceptors (Lipinski definition) is 13. The second-order valence-corrected chi connectivity index (χ2v) is 13.6. The fourth-order valence-electron chi connectivity index (χ4n) is 5.52. The molecule has 2 amide bonds. The van der Waals surface area contributed by atoms with Crippen molar-refractivity contribution >= 4 is 56.2 Å². The molecular weight excluding hydrogens is 658 g/mol. The van der Waals surface area contributed by atoms with E-state index in [1.165, 1.54) is 12.3 Å². The number of amides is 2. The first-order valence-electron chi connectivity index (χ1n) is 14.6. The first-order chi connectivity index (χ1) is 22.2. The summed E-state index contributed by atoms with van der Waals surface area (Å²) >= 11 is 0.958. The number of aliphatic carboxylic acids is 1. The lowest BCUT2D eigenvalue weighted by Crippen LogP contribution is -2.71. The number of carbonyl (C=O) groups is 3. The molecule has 0 radical (unpaired) electrons. The third-order valence-corrected chi connectivity index (χ3v) is 9.81. The Balaban J connectivity index is 1.21. The molecule has 3 atom stereocenters. The molecule has 2 aromatic rings. The number of anilines is 1. The maximum absolute atomic E-state index is 13.1. The lowest BCUT2D eigenvalue weighted by Gasteiger charge is -2.42. The van der Waals surface area contributed by atoms with Gasteiger partial charge in [-0.15, -0.1) is 11.3 Å². The van der Waals surface area contributed by atoms with Crippen molar-refractivity contribution in [3.05, 3.63) is 40.4 Å². The van der Waals surface area contributed by atoms with Crippen LogP contribution in [0, 0.1) is 5.41 Å². The molecule has 1 saturated heterocycles. The standard InChI is InChI=1S/C27H35N9O9S2/c1-13-21(24(38)36(13)47(41,42)43)33-23(37)22(19-12-46-27(30)32-19)34-45-20(25(39)40)11-44-18-7-2-14-9-35(10-15(14)8-18)26(29)31-17-5-3-16(28)4-6-17/h2,7-8,12-13,16-17,20-21H,3-6,9-11,28H2,1H3,(H2,29,31)(H2,30,32)(H,33,37)(H,39,40)(H,41,42,43)/b34-22-. The number of thiazole rings is 1. The summed E-state index contributed by atoms with van der Waals surface area (Å²) in [5, 5.41) is 29.0. The number of carbonyl (C=O) groups excluding carboxylic acids is 2. The number of nitrogen functional groups attached to an aromatic ring is 1. The first kappa shape index (κ1) is 33.8. The number of nitrogens with two attached hydrogens (primary N) is 2. The monoisotopic (exact) mass is 693 g/mol. The Kier molecular flexibility index (Phi) is 9.84. The molecule has 254 valence electrons. The van der Waals surface area contributed by atoms with E-state index in [0.29, 0.717) is 24.8 Å². The quantitative estimate of drug-likeness (QED) is 0.0519. The summed E-state index contributed by atoms with van der Waals surface area (Å²) in [6.45, 7) is 1.79. The minimum absolute atomic E-state index is 0.0593. The van der Waals surface area contributed by atoms with Crippen molar-refractivity contribution in [2.45, 2.75) is 76.0 Å². The van der Waals surface area contributed by atoms with E-state index in [1.54, 1.807) is 12.1 Å². The number of oxime groups is 1. The Hall–Kier alpha value is -4.53. The normalized spacial score (nSPS) is 23.4. The van der Waals surface area contributed by atoms with Gasteiger partial charge in [-0.05, 0) is 55.9 Å². The fraction of sp³-hybridized carbons (Fsp3) is 0.481. The summed E-state index contributed by atoms with van der Waals surface area (Å²) in [6, 6.07) is 3.26. The van der Waals surface area contributed by atoms with Gasteiger partial charge in [-0.25, -0.2) is 14.1 Å². The van der Waals surface area contributed by atoms with Gasteiger partial charge in [-0.1, -0.05) is 11.2 Å². The molecule has 2 aliphatic heterocycles. The van der Waals surface area contributed by atoms with Crippen LogP contribution < -0.4 is 26.8 Å². The number of carboxylic acids is 1. The van der Waals surface area contributed by atoms with Crippen LogP contribution in [0.3, 0.4) is 0 Å². The van der Waals surface area contributed by atoms with Crippen LogP contribution in [0.1, 0.15) is 49.4 Å². The van der Waals surface area contributed by atoms with Crippen LogP contribution in [0.25, 0.3) is 0 Å². The summed E-state index contributed by atoms with van der Waals surface area (Å²) in [7, 11) is -4.83. The van der Waals surface area contributed by atoms with Crippen LogP contribution >= 0.6 is 11.3 Å². The van der Waals surface area contributed by atoms with Crippen LogP contribution in [-0.2, 0) is 42.6 Å². The molecule has 18 nitrogen and oxygen atoms in total. The molecule has 0 spiro atoms. The van der Waals surface area contributed by atoms with Gasteiger partial charge in [-0.3, -0.25) is 19.6 Å². The maximum Gasteiger partial charge on any atom is 0.362 e. The van der Waals surface area contributed by atoms with Gasteiger partial charge < -0.3 is 41.7 Å². The van der Waals surface area contributed by atoms with Crippen molar-refractivity contribution in [3.8, 4) is 5.75 Å². The number of nitrogens with zero attached hydrogens (tertiary/aromatic N) is 4. The molecule has 1 aliphatic carbocycles. The van der Waals surface area contributed by atoms with Gasteiger partial charge in [-0.2, -0.15) is 8.42 Å². The Morgan fingerprint density at radius 2 is 1.91 bits per heavy atom. The SMILES string of the molecule is CC1C(NC(=O)/C(=N\OC(COc2ccc3c(c2)CN(C(=N)NC2CCC(N)CC2)C3)C(=O)O)c2csc(N)n2)C(=O)N1S(=O)(=O)O. The highest BCUT2D eigenvalue weighted by molar-refractivity contribution is 7.84. The zero-order valence-electron chi connectivity index (χ0n) is 25.2. The highest BCUT2D eigenvalue weighted by Gasteiger charge is 2.51. The number of fused-ring (bicyclic) bond motifs is 1. The smallest absolute Gasteiger partial charge is 0.362 e. The van der Waals surface area contributed by atoms with Crippen LogP contribution in [0.5, 0.6) is 5.75 Å². The van der Waals surface area contributed by atoms with E-state index in [1.807, 2.05) is 11.0 Å². The number of guanidine groups is 1. The molecule has 5 rings (SSSR count). The van der Waals surface area contributed by atoms with Crippen molar-refractivity contribution in [1.29, 1.82) is 5.41 Å². The molecule has 3 aliphatic rings. The third kappa shape index (κ3) is 7.72. The number of nitrogens with one attached hydrogen (secondary N) is 3.